The van der Waals surface area contributed by atoms with E-state index in [1.165, 1.54) is 0 Å². The van der Waals surface area contributed by atoms with Crippen molar-refractivity contribution in [3.05, 3.63) is 76.4 Å². The molecule has 2 aromatic carbocycles. The predicted molar refractivity (Wildman–Crippen MR) is 91.3 cm³/mol. The Morgan fingerprint density at radius 1 is 1.00 bits per heavy atom. The zero-order valence-corrected chi connectivity index (χ0v) is 13.5. The molecule has 0 amide bonds. The molecule has 1 unspecified atom stereocenters. The zero-order valence-electron chi connectivity index (χ0n) is 11.9. The van der Waals surface area contributed by atoms with Crippen LogP contribution in [0.5, 0.6) is 0 Å². The lowest BCUT2D eigenvalue weighted by atomic mass is 10.1. The highest BCUT2D eigenvalue weighted by molar-refractivity contribution is 9.10. The van der Waals surface area contributed by atoms with Gasteiger partial charge in [-0.2, -0.15) is 0 Å². The first-order chi connectivity index (χ1) is 11.2. The van der Waals surface area contributed by atoms with Gasteiger partial charge in [0.2, 0.25) is 5.90 Å². The van der Waals surface area contributed by atoms with Gasteiger partial charge < -0.3 is 4.74 Å². The van der Waals surface area contributed by atoms with E-state index >= 15 is 0 Å². The van der Waals surface area contributed by atoms with E-state index in [0.29, 0.717) is 11.6 Å². The molecule has 23 heavy (non-hydrogen) atoms. The maximum atomic E-state index is 12.2. The monoisotopic (exact) mass is 366 g/mol. The van der Waals surface area contributed by atoms with Crippen LogP contribution in [0.2, 0.25) is 0 Å². The van der Waals surface area contributed by atoms with E-state index in [1.54, 1.807) is 0 Å². The van der Waals surface area contributed by atoms with Gasteiger partial charge in [0.25, 0.3) is 0 Å². The van der Waals surface area contributed by atoms with Crippen LogP contribution in [0.1, 0.15) is 17.3 Å². The number of aliphatic imine (C=N–C) groups is 1. The zero-order chi connectivity index (χ0) is 15.8. The number of carbonyl (C=O) groups is 1. The number of hydrogen-bond acceptors (Lipinski definition) is 4. The van der Waals surface area contributed by atoms with Crippen molar-refractivity contribution in [2.45, 2.75) is 6.04 Å². The largest absolute Gasteiger partial charge is 0.405 e. The van der Waals surface area contributed by atoms with E-state index in [4.69, 9.17) is 4.74 Å². The Morgan fingerprint density at radius 3 is 2.57 bits per heavy atom. The summed E-state index contributed by atoms with van der Waals surface area (Å²) in [4.78, 5) is 21.3. The molecular weight excluding hydrogens is 356 g/mol. The number of pyridine rings is 1. The first-order valence-electron chi connectivity index (χ1n) is 7.12. The van der Waals surface area contributed by atoms with E-state index in [0.717, 1.165) is 20.9 Å². The Hall–Kier alpha value is -2.53. The number of para-hydroxylation sites is 1. The molecule has 4 rings (SSSR count). The van der Waals surface area contributed by atoms with Gasteiger partial charge in [0, 0.05) is 15.4 Å². The number of esters is 1. The summed E-state index contributed by atoms with van der Waals surface area (Å²) in [5.41, 5.74) is 2.17. The maximum Gasteiger partial charge on any atom is 0.344 e. The van der Waals surface area contributed by atoms with Crippen molar-refractivity contribution in [1.29, 1.82) is 0 Å². The number of aromatic nitrogens is 1. The summed E-state index contributed by atoms with van der Waals surface area (Å²) in [5.74, 6) is -0.0743. The molecule has 112 valence electrons. The van der Waals surface area contributed by atoms with Gasteiger partial charge in [0.1, 0.15) is 0 Å². The normalized spacial score (nSPS) is 17.2. The minimum Gasteiger partial charge on any atom is -0.405 e. The smallest absolute Gasteiger partial charge is 0.344 e. The van der Waals surface area contributed by atoms with Gasteiger partial charge in [0.15, 0.2) is 6.04 Å². The molecule has 0 fully saturated rings. The summed E-state index contributed by atoms with van der Waals surface area (Å²) in [6.45, 7) is 0. The summed E-state index contributed by atoms with van der Waals surface area (Å²) in [5, 5.41) is 1.00. The fourth-order valence-corrected chi connectivity index (χ4v) is 3.08. The second-order valence-electron chi connectivity index (χ2n) is 5.17. The number of benzene rings is 2. The molecule has 2 heterocycles. The Kier molecular flexibility index (Phi) is 3.42. The van der Waals surface area contributed by atoms with Gasteiger partial charge in [-0.3, -0.25) is 0 Å². The Labute approximate surface area is 141 Å². The minimum atomic E-state index is -0.746. The van der Waals surface area contributed by atoms with Crippen LogP contribution in [0.3, 0.4) is 0 Å². The molecule has 0 aliphatic carbocycles. The van der Waals surface area contributed by atoms with Crippen LogP contribution >= 0.6 is 15.9 Å². The molecule has 1 aromatic heterocycles. The molecule has 0 N–H and O–H groups in total. The van der Waals surface area contributed by atoms with Gasteiger partial charge in [-0.05, 0) is 40.2 Å². The van der Waals surface area contributed by atoms with Gasteiger partial charge in [-0.25, -0.2) is 14.8 Å². The van der Waals surface area contributed by atoms with Crippen molar-refractivity contribution in [3.8, 4) is 0 Å². The number of nitrogens with zero attached hydrogens (tertiary/aromatic N) is 2. The van der Waals surface area contributed by atoms with Crippen molar-refractivity contribution >= 4 is 38.7 Å². The van der Waals surface area contributed by atoms with Crippen LogP contribution in [0.15, 0.2) is 70.1 Å². The van der Waals surface area contributed by atoms with E-state index in [2.05, 4.69) is 25.9 Å². The highest BCUT2D eigenvalue weighted by Gasteiger charge is 2.33. The number of rotatable bonds is 2. The topological polar surface area (TPSA) is 51.5 Å². The fraction of sp³-hybridized carbons (Fsp3) is 0.0556. The second kappa shape index (κ2) is 5.59. The van der Waals surface area contributed by atoms with Gasteiger partial charge in [-0.1, -0.05) is 36.4 Å². The molecule has 4 nitrogen and oxygen atoms in total. The van der Waals surface area contributed by atoms with E-state index in [-0.39, 0.29) is 0 Å². The third kappa shape index (κ3) is 2.53. The summed E-state index contributed by atoms with van der Waals surface area (Å²) < 4.78 is 6.08. The van der Waals surface area contributed by atoms with E-state index in [9.17, 15) is 4.79 Å². The fourth-order valence-electron chi connectivity index (χ4n) is 2.53. The molecule has 0 spiro atoms. The lowest BCUT2D eigenvalue weighted by molar-refractivity contribution is -0.135. The lowest BCUT2D eigenvalue weighted by Gasteiger charge is -2.07. The van der Waals surface area contributed by atoms with Crippen LogP contribution in [-0.2, 0) is 9.53 Å². The molecule has 0 bridgehead atoms. The quantitative estimate of drug-likeness (QED) is 0.643. The Bertz CT molecular complexity index is 938. The summed E-state index contributed by atoms with van der Waals surface area (Å²) in [7, 11) is 0. The molecule has 1 atom stereocenters. The average molecular weight is 367 g/mol. The third-order valence-corrected chi connectivity index (χ3v) is 4.29. The molecule has 3 aromatic rings. The minimum absolute atomic E-state index is 0.336. The third-order valence-electron chi connectivity index (χ3n) is 3.65. The van der Waals surface area contributed by atoms with Crippen LogP contribution in [0.25, 0.3) is 10.9 Å². The lowest BCUT2D eigenvalue weighted by Crippen LogP contribution is -2.10. The maximum absolute atomic E-state index is 12.2. The van der Waals surface area contributed by atoms with Crippen LogP contribution < -0.4 is 0 Å². The standard InChI is InChI=1S/C18H11BrN2O2/c19-13-10-12-8-4-5-9-14(12)20-15(13)16-18(22)23-17(21-16)11-6-2-1-3-7-11/h1-10,16H. The van der Waals surface area contributed by atoms with Crippen LogP contribution in [0.4, 0.5) is 0 Å². The van der Waals surface area contributed by atoms with Crippen molar-refractivity contribution in [3.63, 3.8) is 0 Å². The molecule has 0 saturated heterocycles. The molecule has 1 aliphatic heterocycles. The van der Waals surface area contributed by atoms with E-state index < -0.39 is 12.0 Å². The predicted octanol–water partition coefficient (Wildman–Crippen LogP) is 4.04. The highest BCUT2D eigenvalue weighted by atomic mass is 79.9. The molecular formula is C18H11BrN2O2. The molecule has 0 radical (unpaired) electrons. The second-order valence-corrected chi connectivity index (χ2v) is 6.03. The summed E-state index contributed by atoms with van der Waals surface area (Å²) in [6.07, 6.45) is 0. The van der Waals surface area contributed by atoms with Gasteiger partial charge in [0.05, 0.1) is 11.2 Å². The highest BCUT2D eigenvalue weighted by Crippen LogP contribution is 2.32. The summed E-state index contributed by atoms with van der Waals surface area (Å²) >= 11 is 3.49. The Balaban J connectivity index is 1.79. The first-order valence-corrected chi connectivity index (χ1v) is 7.92. The number of carbonyl (C=O) groups excluding carboxylic acids is 1. The van der Waals surface area contributed by atoms with E-state index in [1.807, 2.05) is 60.7 Å². The first kappa shape index (κ1) is 14.1. The van der Waals surface area contributed by atoms with Crippen LogP contribution in [0, 0.1) is 0 Å². The Morgan fingerprint density at radius 2 is 1.74 bits per heavy atom. The number of cyclic esters (lactones) is 1. The number of halogens is 1. The number of ether oxygens (including phenoxy) is 1. The van der Waals surface area contributed by atoms with Crippen molar-refractivity contribution in [1.82, 2.24) is 4.98 Å². The van der Waals surface area contributed by atoms with Crippen LogP contribution in [-0.4, -0.2) is 16.9 Å². The SMILES string of the molecule is O=C1OC(c2ccccc2)=NC1c1nc2ccccc2cc1Br. The molecule has 1 aliphatic rings. The van der Waals surface area contributed by atoms with Gasteiger partial charge in [-0.15, -0.1) is 0 Å². The molecule has 5 heteroatoms. The van der Waals surface area contributed by atoms with Gasteiger partial charge >= 0.3 is 5.97 Å². The summed E-state index contributed by atoms with van der Waals surface area (Å²) in [6, 6.07) is 18.3. The van der Waals surface area contributed by atoms with Crippen molar-refractivity contribution in [2.75, 3.05) is 0 Å². The average Bonchev–Trinajstić information content (AvgIpc) is 2.97. The number of fused-ring (bicyclic) bond motifs is 1. The van der Waals surface area contributed by atoms with Crippen molar-refractivity contribution in [2.24, 2.45) is 4.99 Å². The van der Waals surface area contributed by atoms with Crippen molar-refractivity contribution < 1.29 is 9.53 Å². The number of hydrogen-bond donors (Lipinski definition) is 0. The molecule has 0 saturated carbocycles.